The molecule has 0 unspecified atom stereocenters. The summed E-state index contributed by atoms with van der Waals surface area (Å²) < 4.78 is 26.2. The molecule has 278 valence electrons. The van der Waals surface area contributed by atoms with Gasteiger partial charge < -0.3 is 19.3 Å². The average Bonchev–Trinajstić information content (AvgIpc) is 3.05. The van der Waals surface area contributed by atoms with E-state index in [4.69, 9.17) is 19.3 Å². The highest BCUT2D eigenvalue weighted by Crippen LogP contribution is 2.36. The fourth-order valence-electron chi connectivity index (χ4n) is 4.96. The van der Waals surface area contributed by atoms with Crippen molar-refractivity contribution in [2.75, 3.05) is 13.2 Å². The van der Waals surface area contributed by atoms with Gasteiger partial charge in [-0.3, -0.25) is 14.1 Å². The summed E-state index contributed by atoms with van der Waals surface area (Å²) >= 11 is 0. The molecule has 0 bridgehead atoms. The molecule has 0 rings (SSSR count). The first-order valence-electron chi connectivity index (χ1n) is 18.9. The van der Waals surface area contributed by atoms with Crippen LogP contribution in [0.5, 0.6) is 0 Å². The van der Waals surface area contributed by atoms with Crippen LogP contribution in [0.15, 0.2) is 48.6 Å². The van der Waals surface area contributed by atoms with Gasteiger partial charge in [-0.25, -0.2) is 4.57 Å². The fourth-order valence-corrected chi connectivity index (χ4v) is 5.32. The van der Waals surface area contributed by atoms with Crippen molar-refractivity contribution in [1.82, 2.24) is 0 Å². The molecule has 0 amide bonds. The van der Waals surface area contributed by atoms with E-state index in [1.165, 1.54) is 70.6 Å². The van der Waals surface area contributed by atoms with Crippen LogP contribution in [0.4, 0.5) is 0 Å². The van der Waals surface area contributed by atoms with Crippen molar-refractivity contribution < 1.29 is 37.9 Å². The predicted octanol–water partition coefficient (Wildman–Crippen LogP) is 11.2. The van der Waals surface area contributed by atoms with Crippen molar-refractivity contribution in [2.24, 2.45) is 0 Å². The normalized spacial score (nSPS) is 13.0. The van der Waals surface area contributed by atoms with Crippen LogP contribution in [0.25, 0.3) is 0 Å². The Balaban J connectivity index is 4.07. The van der Waals surface area contributed by atoms with E-state index in [0.717, 1.165) is 57.8 Å². The summed E-state index contributed by atoms with van der Waals surface area (Å²) in [7, 11) is -4.76. The van der Waals surface area contributed by atoms with E-state index < -0.39 is 32.5 Å². The molecule has 0 spiro atoms. The monoisotopic (exact) mass is 696 g/mol. The molecule has 0 aliphatic carbocycles. The van der Waals surface area contributed by atoms with Gasteiger partial charge in [0.15, 0.2) is 6.10 Å². The third kappa shape index (κ3) is 36.8. The van der Waals surface area contributed by atoms with Crippen molar-refractivity contribution in [2.45, 2.75) is 174 Å². The summed E-state index contributed by atoms with van der Waals surface area (Å²) in [6, 6.07) is 0. The highest BCUT2D eigenvalue weighted by molar-refractivity contribution is 7.46. The summed E-state index contributed by atoms with van der Waals surface area (Å²) in [4.78, 5) is 42.7. The van der Waals surface area contributed by atoms with Crippen molar-refractivity contribution in [3.63, 3.8) is 0 Å². The zero-order chi connectivity index (χ0) is 35.4. The summed E-state index contributed by atoms with van der Waals surface area (Å²) in [6.07, 6.45) is 41.2. The minimum atomic E-state index is -4.76. The number of rotatable bonds is 34. The Hall–Kier alpha value is -1.99. The molecule has 0 saturated carbocycles. The maximum absolute atomic E-state index is 12.3. The van der Waals surface area contributed by atoms with Gasteiger partial charge in [0.25, 0.3) is 0 Å². The van der Waals surface area contributed by atoms with Crippen LogP contribution < -0.4 is 0 Å². The number of hydrogen-bond donors (Lipinski definition) is 2. The second kappa shape index (κ2) is 34.9. The van der Waals surface area contributed by atoms with Crippen LogP contribution in [-0.4, -0.2) is 41.0 Å². The highest BCUT2D eigenvalue weighted by atomic mass is 31.2. The molecule has 9 heteroatoms. The molecular formula is C39H69O8P. The van der Waals surface area contributed by atoms with Gasteiger partial charge in [-0.1, -0.05) is 127 Å². The minimum absolute atomic E-state index is 0.182. The number of phosphoric acid groups is 1. The Bertz CT molecular complexity index is 921. The van der Waals surface area contributed by atoms with Gasteiger partial charge in [0.1, 0.15) is 6.61 Å². The lowest BCUT2D eigenvalue weighted by Gasteiger charge is -2.18. The van der Waals surface area contributed by atoms with Crippen LogP contribution in [0.2, 0.25) is 0 Å². The van der Waals surface area contributed by atoms with Gasteiger partial charge in [-0.05, 0) is 77.0 Å². The van der Waals surface area contributed by atoms with E-state index in [1.807, 2.05) is 0 Å². The van der Waals surface area contributed by atoms with E-state index in [9.17, 15) is 14.2 Å². The first kappa shape index (κ1) is 46.0. The number of esters is 2. The fraction of sp³-hybridized carbons (Fsp3) is 0.744. The van der Waals surface area contributed by atoms with Crippen LogP contribution in [0, 0.1) is 0 Å². The van der Waals surface area contributed by atoms with Gasteiger partial charge in [0.05, 0.1) is 6.61 Å². The second-order valence-corrected chi connectivity index (χ2v) is 13.8. The number of carbonyl (C=O) groups excluding carboxylic acids is 2. The molecule has 48 heavy (non-hydrogen) atoms. The number of ether oxygens (including phenoxy) is 2. The number of phosphoric ester groups is 1. The van der Waals surface area contributed by atoms with Crippen LogP contribution in [-0.2, 0) is 28.2 Å². The molecule has 2 N–H and O–H groups in total. The topological polar surface area (TPSA) is 119 Å². The van der Waals surface area contributed by atoms with E-state index in [2.05, 4.69) is 67.0 Å². The quantitative estimate of drug-likeness (QED) is 0.0295. The molecule has 0 heterocycles. The molecule has 0 saturated heterocycles. The molecular weight excluding hydrogens is 627 g/mol. The third-order valence-corrected chi connectivity index (χ3v) is 8.31. The Labute approximate surface area is 293 Å². The summed E-state index contributed by atoms with van der Waals surface area (Å²) in [6.45, 7) is 3.59. The van der Waals surface area contributed by atoms with Crippen molar-refractivity contribution in [1.29, 1.82) is 0 Å². The lowest BCUT2D eigenvalue weighted by molar-refractivity contribution is -0.161. The van der Waals surface area contributed by atoms with E-state index >= 15 is 0 Å². The number of allylic oxidation sites excluding steroid dienone is 8. The average molecular weight is 697 g/mol. The van der Waals surface area contributed by atoms with Crippen molar-refractivity contribution in [3.05, 3.63) is 48.6 Å². The van der Waals surface area contributed by atoms with Crippen molar-refractivity contribution >= 4 is 19.8 Å². The Morgan fingerprint density at radius 2 is 0.938 bits per heavy atom. The highest BCUT2D eigenvalue weighted by Gasteiger charge is 2.22. The van der Waals surface area contributed by atoms with Gasteiger partial charge in [0, 0.05) is 12.8 Å². The van der Waals surface area contributed by atoms with E-state index in [0.29, 0.717) is 12.8 Å². The van der Waals surface area contributed by atoms with E-state index in [-0.39, 0.29) is 19.4 Å². The lowest BCUT2D eigenvalue weighted by atomic mass is 10.1. The number of unbranched alkanes of at least 4 members (excludes halogenated alkanes) is 16. The minimum Gasteiger partial charge on any atom is -0.462 e. The number of carbonyl (C=O) groups is 2. The summed E-state index contributed by atoms with van der Waals surface area (Å²) in [5.41, 5.74) is 0. The second-order valence-electron chi connectivity index (χ2n) is 12.5. The van der Waals surface area contributed by atoms with Gasteiger partial charge in [-0.2, -0.15) is 0 Å². The smallest absolute Gasteiger partial charge is 0.462 e. The summed E-state index contributed by atoms with van der Waals surface area (Å²) in [5, 5.41) is 0. The van der Waals surface area contributed by atoms with Crippen LogP contribution in [0.1, 0.15) is 168 Å². The Kier molecular flexibility index (Phi) is 33.4. The third-order valence-electron chi connectivity index (χ3n) is 7.82. The molecule has 0 aliphatic rings. The molecule has 8 nitrogen and oxygen atoms in total. The zero-order valence-electron chi connectivity index (χ0n) is 30.4. The number of hydrogen-bond acceptors (Lipinski definition) is 6. The zero-order valence-corrected chi connectivity index (χ0v) is 31.3. The molecule has 1 atom stereocenters. The first-order chi connectivity index (χ1) is 23.3. The molecule has 0 aromatic carbocycles. The van der Waals surface area contributed by atoms with Crippen molar-refractivity contribution in [3.8, 4) is 0 Å². The maximum Gasteiger partial charge on any atom is 0.469 e. The van der Waals surface area contributed by atoms with Gasteiger partial charge in [0.2, 0.25) is 0 Å². The molecule has 0 aromatic rings. The molecule has 0 radical (unpaired) electrons. The largest absolute Gasteiger partial charge is 0.469 e. The Morgan fingerprint density at radius 1 is 0.542 bits per heavy atom. The maximum atomic E-state index is 12.3. The SMILES string of the molecule is CCCCC/C=C/C/C=C/C/C=C/CCCCC(=O)OC[C@H](COP(=O)(O)O)OC(=O)CCCCC/C=C/CCCCCCCCCC. The molecule has 0 fully saturated rings. The molecule has 0 aromatic heterocycles. The summed E-state index contributed by atoms with van der Waals surface area (Å²) in [5.74, 6) is -0.951. The predicted molar refractivity (Wildman–Crippen MR) is 198 cm³/mol. The van der Waals surface area contributed by atoms with Gasteiger partial charge in [-0.15, -0.1) is 0 Å². The Morgan fingerprint density at radius 3 is 1.50 bits per heavy atom. The van der Waals surface area contributed by atoms with Gasteiger partial charge >= 0.3 is 19.8 Å². The first-order valence-corrected chi connectivity index (χ1v) is 20.5. The van der Waals surface area contributed by atoms with Crippen LogP contribution >= 0.6 is 7.82 Å². The van der Waals surface area contributed by atoms with Crippen LogP contribution in [0.3, 0.4) is 0 Å². The van der Waals surface area contributed by atoms with E-state index in [1.54, 1.807) is 0 Å². The molecule has 0 aliphatic heterocycles. The standard InChI is InChI=1S/C39H69O8P/c1-3-5-7-9-11-13-15-17-19-21-23-25-27-29-31-33-38(40)45-35-37(36-46-48(42,43)44)47-39(41)34-32-30-28-26-24-22-20-18-16-14-12-10-8-6-4-2/h11,13,17,19,22-25,37H,3-10,12,14-16,18,20-21,26-36H2,1-2H3,(H2,42,43,44)/b13-11+,19-17+,24-22+,25-23+/t37-/m1/s1. The lowest BCUT2D eigenvalue weighted by Crippen LogP contribution is -2.29.